The van der Waals surface area contributed by atoms with Crippen LogP contribution < -0.4 is 4.74 Å². The van der Waals surface area contributed by atoms with Gasteiger partial charge >= 0.3 is 0 Å². The summed E-state index contributed by atoms with van der Waals surface area (Å²) >= 11 is 3.43. The summed E-state index contributed by atoms with van der Waals surface area (Å²) in [5.74, 6) is 1.77. The van der Waals surface area contributed by atoms with Gasteiger partial charge in [-0.25, -0.2) is 0 Å². The molecule has 0 saturated heterocycles. The lowest BCUT2D eigenvalue weighted by Crippen LogP contribution is -1.87. The Morgan fingerprint density at radius 3 is 2.00 bits per heavy atom. The van der Waals surface area contributed by atoms with Gasteiger partial charge in [-0.1, -0.05) is 34.1 Å². The van der Waals surface area contributed by atoms with Crippen molar-refractivity contribution >= 4 is 15.9 Å². The number of ether oxygens (including phenoxy) is 1. The second-order valence-corrected chi connectivity index (χ2v) is 4.76. The highest BCUT2D eigenvalue weighted by Crippen LogP contribution is 2.24. The smallest absolute Gasteiger partial charge is 0.127 e. The molecule has 0 N–H and O–H groups in total. The molecule has 0 aromatic heterocycles. The van der Waals surface area contributed by atoms with Crippen LogP contribution in [0, 0.1) is 13.8 Å². The summed E-state index contributed by atoms with van der Waals surface area (Å²) in [5.41, 5.74) is 3.69. The van der Waals surface area contributed by atoms with E-state index in [1.807, 2.05) is 24.3 Å². The van der Waals surface area contributed by atoms with Crippen LogP contribution in [0.2, 0.25) is 0 Å². The molecule has 0 heterocycles. The van der Waals surface area contributed by atoms with Crippen LogP contribution in [0.5, 0.6) is 11.5 Å². The number of rotatable bonds is 3. The minimum atomic E-state index is 0.872. The molecule has 0 saturated carbocycles. The molecule has 0 unspecified atom stereocenters. The van der Waals surface area contributed by atoms with Crippen LogP contribution >= 0.6 is 15.9 Å². The Kier molecular flexibility index (Phi) is 3.85. The molecule has 2 heteroatoms. The Morgan fingerprint density at radius 1 is 0.882 bits per heavy atom. The van der Waals surface area contributed by atoms with E-state index in [1.54, 1.807) is 0 Å². The molecular formula is C15H15BrO. The molecular weight excluding hydrogens is 276 g/mol. The molecule has 2 aromatic rings. The third-order valence-electron chi connectivity index (χ3n) is 2.51. The summed E-state index contributed by atoms with van der Waals surface area (Å²) in [5, 5.41) is 0.872. The molecule has 17 heavy (non-hydrogen) atoms. The normalized spacial score (nSPS) is 10.3. The van der Waals surface area contributed by atoms with Crippen LogP contribution in [-0.2, 0) is 5.33 Å². The SMILES string of the molecule is Cc1cc(C)cc(Oc2ccc(CBr)cc2)c1. The predicted molar refractivity (Wildman–Crippen MR) is 75.1 cm³/mol. The molecule has 0 aliphatic carbocycles. The predicted octanol–water partition coefficient (Wildman–Crippen LogP) is 4.99. The van der Waals surface area contributed by atoms with Gasteiger partial charge in [-0.05, 0) is 54.8 Å². The largest absolute Gasteiger partial charge is 0.457 e. The van der Waals surface area contributed by atoms with E-state index in [0.717, 1.165) is 16.8 Å². The highest BCUT2D eigenvalue weighted by molar-refractivity contribution is 9.08. The van der Waals surface area contributed by atoms with Crippen molar-refractivity contribution in [2.24, 2.45) is 0 Å². The lowest BCUT2D eigenvalue weighted by atomic mass is 10.1. The van der Waals surface area contributed by atoms with E-state index in [-0.39, 0.29) is 0 Å². The molecule has 0 aliphatic rings. The fraction of sp³-hybridized carbons (Fsp3) is 0.200. The second kappa shape index (κ2) is 5.37. The van der Waals surface area contributed by atoms with E-state index in [2.05, 4.69) is 48.0 Å². The Bertz CT molecular complexity index is 483. The van der Waals surface area contributed by atoms with E-state index < -0.39 is 0 Å². The first-order valence-corrected chi connectivity index (χ1v) is 6.70. The lowest BCUT2D eigenvalue weighted by molar-refractivity contribution is 0.481. The molecule has 0 spiro atoms. The molecule has 0 bridgehead atoms. The molecule has 0 atom stereocenters. The van der Waals surface area contributed by atoms with E-state index >= 15 is 0 Å². The number of aryl methyl sites for hydroxylation is 2. The van der Waals surface area contributed by atoms with Gasteiger partial charge in [0.05, 0.1) is 0 Å². The van der Waals surface area contributed by atoms with Gasteiger partial charge in [0.15, 0.2) is 0 Å². The third kappa shape index (κ3) is 3.34. The minimum Gasteiger partial charge on any atom is -0.457 e. The van der Waals surface area contributed by atoms with Crippen molar-refractivity contribution < 1.29 is 4.74 Å². The van der Waals surface area contributed by atoms with Crippen molar-refractivity contribution in [1.82, 2.24) is 0 Å². The molecule has 0 aliphatic heterocycles. The topological polar surface area (TPSA) is 9.23 Å². The van der Waals surface area contributed by atoms with Crippen molar-refractivity contribution in [2.75, 3.05) is 0 Å². The molecule has 2 aromatic carbocycles. The van der Waals surface area contributed by atoms with Crippen LogP contribution in [0.4, 0.5) is 0 Å². The fourth-order valence-electron chi connectivity index (χ4n) is 1.77. The van der Waals surface area contributed by atoms with E-state index in [4.69, 9.17) is 4.74 Å². The summed E-state index contributed by atoms with van der Waals surface area (Å²) in [4.78, 5) is 0. The van der Waals surface area contributed by atoms with Gasteiger partial charge in [0, 0.05) is 5.33 Å². The maximum Gasteiger partial charge on any atom is 0.127 e. The summed E-state index contributed by atoms with van der Waals surface area (Å²) < 4.78 is 5.82. The molecule has 2 rings (SSSR count). The maximum atomic E-state index is 5.82. The van der Waals surface area contributed by atoms with Crippen molar-refractivity contribution in [2.45, 2.75) is 19.2 Å². The molecule has 0 fully saturated rings. The minimum absolute atomic E-state index is 0.872. The molecule has 88 valence electrons. The number of halogens is 1. The average molecular weight is 291 g/mol. The van der Waals surface area contributed by atoms with Crippen LogP contribution in [-0.4, -0.2) is 0 Å². The Balaban J connectivity index is 2.19. The van der Waals surface area contributed by atoms with Crippen molar-refractivity contribution in [3.05, 3.63) is 59.2 Å². The van der Waals surface area contributed by atoms with Crippen molar-refractivity contribution in [1.29, 1.82) is 0 Å². The van der Waals surface area contributed by atoms with E-state index in [9.17, 15) is 0 Å². The van der Waals surface area contributed by atoms with Gasteiger partial charge in [0.25, 0.3) is 0 Å². The Morgan fingerprint density at radius 2 is 1.47 bits per heavy atom. The van der Waals surface area contributed by atoms with Gasteiger partial charge in [0.2, 0.25) is 0 Å². The lowest BCUT2D eigenvalue weighted by Gasteiger charge is -2.08. The highest BCUT2D eigenvalue weighted by Gasteiger charge is 1.99. The Labute approximate surface area is 111 Å². The van der Waals surface area contributed by atoms with Crippen LogP contribution in [0.25, 0.3) is 0 Å². The molecule has 0 radical (unpaired) electrons. The third-order valence-corrected chi connectivity index (χ3v) is 3.16. The summed E-state index contributed by atoms with van der Waals surface area (Å²) in [6.07, 6.45) is 0. The van der Waals surface area contributed by atoms with E-state index in [0.29, 0.717) is 0 Å². The van der Waals surface area contributed by atoms with Gasteiger partial charge in [-0.3, -0.25) is 0 Å². The number of alkyl halides is 1. The zero-order valence-electron chi connectivity index (χ0n) is 10.0. The van der Waals surface area contributed by atoms with Crippen LogP contribution in [0.1, 0.15) is 16.7 Å². The second-order valence-electron chi connectivity index (χ2n) is 4.20. The quantitative estimate of drug-likeness (QED) is 0.724. The monoisotopic (exact) mass is 290 g/mol. The van der Waals surface area contributed by atoms with Gasteiger partial charge < -0.3 is 4.74 Å². The van der Waals surface area contributed by atoms with Gasteiger partial charge in [-0.15, -0.1) is 0 Å². The number of hydrogen-bond acceptors (Lipinski definition) is 1. The first-order chi connectivity index (χ1) is 8.17. The zero-order valence-corrected chi connectivity index (χ0v) is 11.6. The fourth-order valence-corrected chi connectivity index (χ4v) is 2.15. The standard InChI is InChI=1S/C15H15BrO/c1-11-7-12(2)9-15(8-11)17-14-5-3-13(10-16)4-6-14/h3-9H,10H2,1-2H3. The number of benzene rings is 2. The van der Waals surface area contributed by atoms with Crippen molar-refractivity contribution in [3.8, 4) is 11.5 Å². The summed E-state index contributed by atoms with van der Waals surface area (Å²) in [6, 6.07) is 14.3. The maximum absolute atomic E-state index is 5.82. The molecule has 1 nitrogen and oxygen atoms in total. The van der Waals surface area contributed by atoms with Crippen molar-refractivity contribution in [3.63, 3.8) is 0 Å². The van der Waals surface area contributed by atoms with Crippen LogP contribution in [0.3, 0.4) is 0 Å². The summed E-state index contributed by atoms with van der Waals surface area (Å²) in [7, 11) is 0. The Hall–Kier alpha value is -1.28. The van der Waals surface area contributed by atoms with Crippen LogP contribution in [0.15, 0.2) is 42.5 Å². The highest BCUT2D eigenvalue weighted by atomic mass is 79.9. The van der Waals surface area contributed by atoms with Gasteiger partial charge in [-0.2, -0.15) is 0 Å². The average Bonchev–Trinajstić information content (AvgIpc) is 2.28. The summed E-state index contributed by atoms with van der Waals surface area (Å²) in [6.45, 7) is 4.15. The first-order valence-electron chi connectivity index (χ1n) is 5.58. The van der Waals surface area contributed by atoms with Gasteiger partial charge in [0.1, 0.15) is 11.5 Å². The zero-order chi connectivity index (χ0) is 12.3. The number of hydrogen-bond donors (Lipinski definition) is 0. The first kappa shape index (κ1) is 12.2. The van der Waals surface area contributed by atoms with E-state index in [1.165, 1.54) is 16.7 Å². The molecule has 0 amide bonds.